The molecule has 1 unspecified atom stereocenters. The van der Waals surface area contributed by atoms with Gasteiger partial charge < -0.3 is 10.3 Å². The maximum Gasteiger partial charge on any atom is 0.0457 e. The first kappa shape index (κ1) is 8.06. The highest BCUT2D eigenvalue weighted by atomic mass is 14.9. The van der Waals surface area contributed by atoms with Crippen LogP contribution >= 0.6 is 0 Å². The first-order valence-corrected chi connectivity index (χ1v) is 5.24. The number of H-pyrrole nitrogens is 1. The van der Waals surface area contributed by atoms with Crippen LogP contribution in [0.5, 0.6) is 0 Å². The fourth-order valence-corrected chi connectivity index (χ4v) is 2.25. The van der Waals surface area contributed by atoms with Gasteiger partial charge in [-0.3, -0.25) is 0 Å². The second-order valence-electron chi connectivity index (χ2n) is 3.97. The van der Waals surface area contributed by atoms with Crippen LogP contribution < -0.4 is 5.32 Å². The SMILES string of the molecule is c1cc2ccc(C3CCCN3)cc2[nH]1. The summed E-state index contributed by atoms with van der Waals surface area (Å²) in [6, 6.07) is 9.38. The molecule has 2 N–H and O–H groups in total. The van der Waals surface area contributed by atoms with E-state index in [1.807, 2.05) is 6.20 Å². The van der Waals surface area contributed by atoms with Gasteiger partial charge in [0.15, 0.2) is 0 Å². The van der Waals surface area contributed by atoms with Gasteiger partial charge in [-0.05, 0) is 42.5 Å². The lowest BCUT2D eigenvalue weighted by atomic mass is 10.0. The highest BCUT2D eigenvalue weighted by Crippen LogP contribution is 2.25. The first-order chi connectivity index (χ1) is 6.93. The Morgan fingerprint density at radius 2 is 2.21 bits per heavy atom. The van der Waals surface area contributed by atoms with Crippen LogP contribution in [0.2, 0.25) is 0 Å². The lowest BCUT2D eigenvalue weighted by Gasteiger charge is -2.10. The number of hydrogen-bond donors (Lipinski definition) is 2. The molecule has 2 aromatic rings. The Morgan fingerprint density at radius 1 is 1.21 bits per heavy atom. The van der Waals surface area contributed by atoms with Crippen LogP contribution in [0.1, 0.15) is 24.4 Å². The number of aromatic amines is 1. The summed E-state index contributed by atoms with van der Waals surface area (Å²) in [6.45, 7) is 1.16. The molecule has 14 heavy (non-hydrogen) atoms. The van der Waals surface area contributed by atoms with E-state index < -0.39 is 0 Å². The largest absolute Gasteiger partial charge is 0.361 e. The molecule has 2 heteroatoms. The molecule has 2 nitrogen and oxygen atoms in total. The summed E-state index contributed by atoms with van der Waals surface area (Å²) in [5.74, 6) is 0. The van der Waals surface area contributed by atoms with Gasteiger partial charge in [0, 0.05) is 17.8 Å². The van der Waals surface area contributed by atoms with Gasteiger partial charge in [0.25, 0.3) is 0 Å². The molecule has 0 saturated carbocycles. The summed E-state index contributed by atoms with van der Waals surface area (Å²) in [4.78, 5) is 3.26. The van der Waals surface area contributed by atoms with Crippen molar-refractivity contribution in [1.82, 2.24) is 10.3 Å². The molecule has 3 rings (SSSR count). The summed E-state index contributed by atoms with van der Waals surface area (Å²) < 4.78 is 0. The summed E-state index contributed by atoms with van der Waals surface area (Å²) in [5, 5.41) is 4.81. The van der Waals surface area contributed by atoms with Crippen LogP contribution in [0.4, 0.5) is 0 Å². The third-order valence-corrected chi connectivity index (χ3v) is 3.04. The number of fused-ring (bicyclic) bond motifs is 1. The Labute approximate surface area is 83.3 Å². The smallest absolute Gasteiger partial charge is 0.0457 e. The zero-order chi connectivity index (χ0) is 9.38. The number of benzene rings is 1. The van der Waals surface area contributed by atoms with Crippen LogP contribution in [-0.2, 0) is 0 Å². The lowest BCUT2D eigenvalue weighted by Crippen LogP contribution is -2.12. The molecular weight excluding hydrogens is 172 g/mol. The van der Waals surface area contributed by atoms with Crippen molar-refractivity contribution in [2.45, 2.75) is 18.9 Å². The maximum atomic E-state index is 3.52. The van der Waals surface area contributed by atoms with E-state index in [0.29, 0.717) is 6.04 Å². The maximum absolute atomic E-state index is 3.52. The number of nitrogens with one attached hydrogen (secondary N) is 2. The van der Waals surface area contributed by atoms with E-state index in [4.69, 9.17) is 0 Å². The van der Waals surface area contributed by atoms with Crippen LogP contribution in [0.3, 0.4) is 0 Å². The van der Waals surface area contributed by atoms with E-state index in [-0.39, 0.29) is 0 Å². The predicted molar refractivity (Wildman–Crippen MR) is 58.3 cm³/mol. The lowest BCUT2D eigenvalue weighted by molar-refractivity contribution is 0.648. The molecule has 0 aliphatic carbocycles. The molecule has 1 fully saturated rings. The topological polar surface area (TPSA) is 27.8 Å². The first-order valence-electron chi connectivity index (χ1n) is 5.24. The molecule has 1 saturated heterocycles. The molecule has 2 heterocycles. The van der Waals surface area contributed by atoms with Gasteiger partial charge >= 0.3 is 0 Å². The minimum Gasteiger partial charge on any atom is -0.361 e. The Balaban J connectivity index is 2.04. The third kappa shape index (κ3) is 1.23. The Kier molecular flexibility index (Phi) is 1.81. The van der Waals surface area contributed by atoms with Gasteiger partial charge in [-0.2, -0.15) is 0 Å². The Bertz CT molecular complexity index is 438. The average molecular weight is 186 g/mol. The van der Waals surface area contributed by atoms with Gasteiger partial charge in [0.1, 0.15) is 0 Å². The predicted octanol–water partition coefficient (Wildman–Crippen LogP) is 2.59. The Morgan fingerprint density at radius 3 is 3.07 bits per heavy atom. The quantitative estimate of drug-likeness (QED) is 0.704. The van der Waals surface area contributed by atoms with Crippen LogP contribution in [0.25, 0.3) is 10.9 Å². The molecule has 0 radical (unpaired) electrons. The highest BCUT2D eigenvalue weighted by Gasteiger charge is 2.15. The van der Waals surface area contributed by atoms with Crippen LogP contribution in [0.15, 0.2) is 30.5 Å². The molecular formula is C12H14N2. The number of aromatic nitrogens is 1. The van der Waals surface area contributed by atoms with E-state index in [0.717, 1.165) is 6.54 Å². The molecule has 72 valence electrons. The molecule has 0 spiro atoms. The summed E-state index contributed by atoms with van der Waals surface area (Å²) in [7, 11) is 0. The summed E-state index contributed by atoms with van der Waals surface area (Å²) in [6.07, 6.45) is 4.57. The van der Waals surface area contributed by atoms with Gasteiger partial charge in [0.2, 0.25) is 0 Å². The van der Waals surface area contributed by atoms with E-state index in [1.54, 1.807) is 0 Å². The van der Waals surface area contributed by atoms with Crippen molar-refractivity contribution in [3.8, 4) is 0 Å². The van der Waals surface area contributed by atoms with E-state index >= 15 is 0 Å². The highest BCUT2D eigenvalue weighted by molar-refractivity contribution is 5.79. The van der Waals surface area contributed by atoms with Gasteiger partial charge in [-0.15, -0.1) is 0 Å². The van der Waals surface area contributed by atoms with Crippen LogP contribution in [-0.4, -0.2) is 11.5 Å². The zero-order valence-electron chi connectivity index (χ0n) is 8.09. The monoisotopic (exact) mass is 186 g/mol. The third-order valence-electron chi connectivity index (χ3n) is 3.04. The second kappa shape index (κ2) is 3.14. The molecule has 1 aliphatic rings. The molecule has 1 atom stereocenters. The number of hydrogen-bond acceptors (Lipinski definition) is 1. The standard InChI is InChI=1S/C12H14N2/c1-2-11(13-6-1)10-4-3-9-5-7-14-12(9)8-10/h3-5,7-8,11,13-14H,1-2,6H2. The van der Waals surface area contributed by atoms with Crippen LogP contribution in [0, 0.1) is 0 Å². The van der Waals surface area contributed by atoms with Gasteiger partial charge in [-0.1, -0.05) is 12.1 Å². The van der Waals surface area contributed by atoms with Crippen molar-refractivity contribution >= 4 is 10.9 Å². The summed E-state index contributed by atoms with van der Waals surface area (Å²) >= 11 is 0. The zero-order valence-corrected chi connectivity index (χ0v) is 8.09. The average Bonchev–Trinajstić information content (AvgIpc) is 2.88. The Hall–Kier alpha value is -1.28. The van der Waals surface area contributed by atoms with Crippen molar-refractivity contribution < 1.29 is 0 Å². The minimum absolute atomic E-state index is 0.572. The van der Waals surface area contributed by atoms with E-state index in [9.17, 15) is 0 Å². The molecule has 0 amide bonds. The number of rotatable bonds is 1. The fraction of sp³-hybridized carbons (Fsp3) is 0.333. The van der Waals surface area contributed by atoms with E-state index in [1.165, 1.54) is 29.3 Å². The van der Waals surface area contributed by atoms with Crippen molar-refractivity contribution in [3.05, 3.63) is 36.0 Å². The van der Waals surface area contributed by atoms with Gasteiger partial charge in [-0.25, -0.2) is 0 Å². The molecule has 1 aliphatic heterocycles. The fourth-order valence-electron chi connectivity index (χ4n) is 2.25. The van der Waals surface area contributed by atoms with Gasteiger partial charge in [0.05, 0.1) is 0 Å². The second-order valence-corrected chi connectivity index (χ2v) is 3.97. The van der Waals surface area contributed by atoms with Crippen molar-refractivity contribution in [2.24, 2.45) is 0 Å². The molecule has 0 bridgehead atoms. The molecule has 1 aromatic carbocycles. The van der Waals surface area contributed by atoms with Crippen molar-refractivity contribution in [3.63, 3.8) is 0 Å². The summed E-state index contributed by atoms with van der Waals surface area (Å²) in [5.41, 5.74) is 2.66. The van der Waals surface area contributed by atoms with Crippen molar-refractivity contribution in [2.75, 3.05) is 6.54 Å². The van der Waals surface area contributed by atoms with E-state index in [2.05, 4.69) is 34.6 Å². The van der Waals surface area contributed by atoms with Crippen molar-refractivity contribution in [1.29, 1.82) is 0 Å². The molecule has 1 aromatic heterocycles. The minimum atomic E-state index is 0.572. The normalized spacial score (nSPS) is 21.9.